The lowest BCUT2D eigenvalue weighted by Gasteiger charge is -2.22. The van der Waals surface area contributed by atoms with Crippen LogP contribution >= 0.6 is 0 Å². The van der Waals surface area contributed by atoms with Crippen molar-refractivity contribution in [3.63, 3.8) is 0 Å². The monoisotopic (exact) mass is 352 g/mol. The second-order valence-electron chi connectivity index (χ2n) is 6.03. The van der Waals surface area contributed by atoms with Gasteiger partial charge in [-0.25, -0.2) is 9.18 Å². The van der Waals surface area contributed by atoms with Gasteiger partial charge in [-0.05, 0) is 38.5 Å². The topological polar surface area (TPSA) is 93.8 Å². The average Bonchev–Trinajstić information content (AvgIpc) is 2.99. The highest BCUT2D eigenvalue weighted by molar-refractivity contribution is 5.99. The maximum Gasteiger partial charge on any atom is 0.343 e. The summed E-state index contributed by atoms with van der Waals surface area (Å²) < 4.78 is 29.0. The number of carboxylic acid groups (broad SMARTS) is 1. The first-order chi connectivity index (χ1) is 11.8. The van der Waals surface area contributed by atoms with Crippen LogP contribution in [0.2, 0.25) is 0 Å². The summed E-state index contributed by atoms with van der Waals surface area (Å²) in [5.74, 6) is -1.63. The fourth-order valence-electron chi connectivity index (χ4n) is 2.19. The third-order valence-corrected chi connectivity index (χ3v) is 3.89. The number of benzene rings is 1. The number of methoxy groups -OCH3 is 2. The molecule has 0 saturated carbocycles. The molecule has 25 heavy (non-hydrogen) atoms. The molecule has 2 aromatic rings. The minimum atomic E-state index is -1.20. The molecule has 7 nitrogen and oxygen atoms in total. The fraction of sp³-hybridized carbons (Fsp3) is 0.412. The maximum absolute atomic E-state index is 13.6. The van der Waals surface area contributed by atoms with Gasteiger partial charge in [0.15, 0.2) is 28.7 Å². The second-order valence-corrected chi connectivity index (χ2v) is 6.03. The first-order valence-corrected chi connectivity index (χ1v) is 7.65. The molecule has 0 spiro atoms. The predicted molar refractivity (Wildman–Crippen MR) is 89.6 cm³/mol. The van der Waals surface area contributed by atoms with Crippen LogP contribution in [0.25, 0.3) is 11.3 Å². The Labute approximate surface area is 144 Å². The van der Waals surface area contributed by atoms with Crippen LogP contribution in [0.5, 0.6) is 5.75 Å². The molecule has 136 valence electrons. The van der Waals surface area contributed by atoms with E-state index < -0.39 is 11.8 Å². The van der Waals surface area contributed by atoms with E-state index in [-0.39, 0.29) is 28.5 Å². The Balaban J connectivity index is 2.29. The predicted octanol–water partition coefficient (Wildman–Crippen LogP) is 3.41. The SMILES string of the molecule is COc1cc(-c2onc(NCCC(C)(C)OC)c2C(=O)O)ccc1F. The Hall–Kier alpha value is -2.61. The van der Waals surface area contributed by atoms with Crippen LogP contribution in [-0.2, 0) is 4.74 Å². The second kappa shape index (κ2) is 7.52. The number of rotatable bonds is 8. The van der Waals surface area contributed by atoms with Crippen LogP contribution in [0, 0.1) is 5.82 Å². The van der Waals surface area contributed by atoms with Gasteiger partial charge in [-0.3, -0.25) is 0 Å². The van der Waals surface area contributed by atoms with E-state index in [4.69, 9.17) is 14.0 Å². The minimum absolute atomic E-state index is 0.0124. The van der Waals surface area contributed by atoms with Gasteiger partial charge >= 0.3 is 5.97 Å². The van der Waals surface area contributed by atoms with Crippen molar-refractivity contribution in [3.8, 4) is 17.1 Å². The van der Waals surface area contributed by atoms with E-state index in [1.807, 2.05) is 13.8 Å². The number of hydrogen-bond acceptors (Lipinski definition) is 6. The van der Waals surface area contributed by atoms with Gasteiger partial charge < -0.3 is 24.4 Å². The zero-order valence-electron chi connectivity index (χ0n) is 14.6. The van der Waals surface area contributed by atoms with Crippen LogP contribution in [0.4, 0.5) is 10.2 Å². The molecule has 0 saturated heterocycles. The highest BCUT2D eigenvalue weighted by atomic mass is 19.1. The van der Waals surface area contributed by atoms with E-state index in [0.29, 0.717) is 18.5 Å². The Kier molecular flexibility index (Phi) is 5.63. The highest BCUT2D eigenvalue weighted by Crippen LogP contribution is 2.32. The summed E-state index contributed by atoms with van der Waals surface area (Å²) in [4.78, 5) is 11.6. The number of anilines is 1. The molecule has 0 amide bonds. The standard InChI is InChI=1S/C17H21FN2O5/c1-17(2,24-4)7-8-19-15-13(16(21)22)14(25-20-15)10-5-6-11(18)12(9-10)23-3/h5-6,9H,7-8H2,1-4H3,(H,19,20)(H,21,22). The van der Waals surface area contributed by atoms with Crippen LogP contribution in [0.1, 0.15) is 30.6 Å². The molecule has 1 aromatic heterocycles. The lowest BCUT2D eigenvalue weighted by atomic mass is 10.1. The molecule has 0 aliphatic rings. The summed E-state index contributed by atoms with van der Waals surface area (Å²) in [6.45, 7) is 4.29. The van der Waals surface area contributed by atoms with Gasteiger partial charge in [-0.15, -0.1) is 0 Å². The lowest BCUT2D eigenvalue weighted by Crippen LogP contribution is -2.26. The van der Waals surface area contributed by atoms with Crippen molar-refractivity contribution in [1.82, 2.24) is 5.16 Å². The average molecular weight is 352 g/mol. The summed E-state index contributed by atoms with van der Waals surface area (Å²) in [5, 5.41) is 16.3. The van der Waals surface area contributed by atoms with E-state index in [9.17, 15) is 14.3 Å². The number of nitrogens with zero attached hydrogens (tertiary/aromatic N) is 1. The van der Waals surface area contributed by atoms with Gasteiger partial charge in [0.1, 0.15) is 0 Å². The molecule has 0 unspecified atom stereocenters. The fourth-order valence-corrected chi connectivity index (χ4v) is 2.19. The number of nitrogens with one attached hydrogen (secondary N) is 1. The van der Waals surface area contributed by atoms with Crippen molar-refractivity contribution in [1.29, 1.82) is 0 Å². The summed E-state index contributed by atoms with van der Waals surface area (Å²) in [6.07, 6.45) is 0.634. The van der Waals surface area contributed by atoms with Gasteiger partial charge in [0.05, 0.1) is 12.7 Å². The first-order valence-electron chi connectivity index (χ1n) is 7.65. The number of ether oxygens (including phenoxy) is 2. The van der Waals surface area contributed by atoms with Crippen LogP contribution in [0.15, 0.2) is 22.7 Å². The van der Waals surface area contributed by atoms with E-state index in [1.165, 1.54) is 25.3 Å². The molecule has 1 aromatic carbocycles. The third kappa shape index (κ3) is 4.27. The molecule has 8 heteroatoms. The van der Waals surface area contributed by atoms with Crippen molar-refractivity contribution in [2.75, 3.05) is 26.1 Å². The van der Waals surface area contributed by atoms with Crippen LogP contribution in [0.3, 0.4) is 0 Å². The summed E-state index contributed by atoms with van der Waals surface area (Å²) in [5.41, 5.74) is -0.120. The normalized spacial score (nSPS) is 11.4. The number of aromatic carboxylic acids is 1. The molecule has 2 rings (SSSR count). The molecular formula is C17H21FN2O5. The molecule has 0 aliphatic carbocycles. The van der Waals surface area contributed by atoms with E-state index >= 15 is 0 Å². The van der Waals surface area contributed by atoms with E-state index in [1.54, 1.807) is 7.11 Å². The van der Waals surface area contributed by atoms with E-state index in [0.717, 1.165) is 0 Å². The van der Waals surface area contributed by atoms with Gasteiger partial charge in [0, 0.05) is 19.2 Å². The number of hydrogen-bond donors (Lipinski definition) is 2. The molecule has 1 heterocycles. The number of aromatic nitrogens is 1. The minimum Gasteiger partial charge on any atom is -0.494 e. The Morgan fingerprint density at radius 2 is 2.12 bits per heavy atom. The van der Waals surface area contributed by atoms with Crippen molar-refractivity contribution in [2.45, 2.75) is 25.9 Å². The Morgan fingerprint density at radius 1 is 1.40 bits per heavy atom. The highest BCUT2D eigenvalue weighted by Gasteiger charge is 2.25. The molecular weight excluding hydrogens is 331 g/mol. The molecule has 0 aliphatic heterocycles. The molecule has 0 atom stereocenters. The summed E-state index contributed by atoms with van der Waals surface area (Å²) in [6, 6.07) is 3.94. The third-order valence-electron chi connectivity index (χ3n) is 3.89. The Bertz CT molecular complexity index is 757. The lowest BCUT2D eigenvalue weighted by molar-refractivity contribution is 0.0184. The largest absolute Gasteiger partial charge is 0.494 e. The van der Waals surface area contributed by atoms with Crippen molar-refractivity contribution >= 4 is 11.8 Å². The van der Waals surface area contributed by atoms with Gasteiger partial charge in [0.2, 0.25) is 0 Å². The van der Waals surface area contributed by atoms with Crippen molar-refractivity contribution in [2.24, 2.45) is 0 Å². The molecule has 0 bridgehead atoms. The number of carbonyl (C=O) groups is 1. The zero-order valence-corrected chi connectivity index (χ0v) is 14.6. The summed E-state index contributed by atoms with van der Waals surface area (Å²) in [7, 11) is 2.93. The quantitative estimate of drug-likeness (QED) is 0.752. The zero-order chi connectivity index (χ0) is 18.6. The van der Waals surface area contributed by atoms with Gasteiger partial charge in [-0.2, -0.15) is 0 Å². The smallest absolute Gasteiger partial charge is 0.343 e. The number of carboxylic acids is 1. The van der Waals surface area contributed by atoms with Crippen molar-refractivity contribution in [3.05, 3.63) is 29.6 Å². The molecule has 0 fully saturated rings. The van der Waals surface area contributed by atoms with Gasteiger partial charge in [0.25, 0.3) is 0 Å². The first kappa shape index (κ1) is 18.7. The van der Waals surface area contributed by atoms with Crippen molar-refractivity contribution < 1.29 is 28.3 Å². The molecule has 0 radical (unpaired) electrons. The summed E-state index contributed by atoms with van der Waals surface area (Å²) >= 11 is 0. The van der Waals surface area contributed by atoms with Crippen LogP contribution < -0.4 is 10.1 Å². The number of halogens is 1. The van der Waals surface area contributed by atoms with Crippen LogP contribution in [-0.4, -0.2) is 42.6 Å². The van der Waals surface area contributed by atoms with E-state index in [2.05, 4.69) is 10.5 Å². The van der Waals surface area contributed by atoms with Gasteiger partial charge in [-0.1, -0.05) is 5.16 Å². The molecule has 2 N–H and O–H groups in total. The Morgan fingerprint density at radius 3 is 2.72 bits per heavy atom. The maximum atomic E-state index is 13.6.